The molecule has 2 aromatic carbocycles. The number of nitro benzene ring substituents is 1. The van der Waals surface area contributed by atoms with E-state index in [0.717, 1.165) is 25.7 Å². The molecule has 0 atom stereocenters. The third-order valence-corrected chi connectivity index (χ3v) is 5.94. The van der Waals surface area contributed by atoms with Crippen LogP contribution in [-0.2, 0) is 0 Å². The summed E-state index contributed by atoms with van der Waals surface area (Å²) in [6.07, 6.45) is 5.53. The lowest BCUT2D eigenvalue weighted by atomic mass is 9.82. The molecule has 1 fully saturated rings. The van der Waals surface area contributed by atoms with E-state index in [1.165, 1.54) is 24.6 Å². The van der Waals surface area contributed by atoms with Gasteiger partial charge in [-0.15, -0.1) is 0 Å². The van der Waals surface area contributed by atoms with Gasteiger partial charge < -0.3 is 5.32 Å². The molecule has 6 nitrogen and oxygen atoms in total. The van der Waals surface area contributed by atoms with Crippen LogP contribution in [0.15, 0.2) is 34.8 Å². The van der Waals surface area contributed by atoms with Crippen LogP contribution in [0.1, 0.15) is 63.9 Å². The van der Waals surface area contributed by atoms with Crippen molar-refractivity contribution in [2.75, 3.05) is 5.32 Å². The van der Waals surface area contributed by atoms with E-state index in [4.69, 9.17) is 0 Å². The van der Waals surface area contributed by atoms with Crippen molar-refractivity contribution < 1.29 is 14.5 Å². The largest absolute Gasteiger partial charge is 0.382 e. The first-order valence-corrected chi connectivity index (χ1v) is 9.73. The van der Waals surface area contributed by atoms with E-state index in [0.29, 0.717) is 21.3 Å². The third kappa shape index (κ3) is 3.06. The first kappa shape index (κ1) is 17.9. The number of nitrogens with zero attached hydrogens (tertiary/aromatic N) is 1. The molecule has 138 valence electrons. The van der Waals surface area contributed by atoms with Crippen LogP contribution in [0.3, 0.4) is 0 Å². The Balaban J connectivity index is 1.83. The number of carbonyl (C=O) groups excluding carboxylic acids is 2. The van der Waals surface area contributed by atoms with Crippen LogP contribution in [0.5, 0.6) is 0 Å². The van der Waals surface area contributed by atoms with Gasteiger partial charge in [0.05, 0.1) is 10.5 Å². The zero-order valence-corrected chi connectivity index (χ0v) is 16.0. The molecule has 1 N–H and O–H groups in total. The second kappa shape index (κ2) is 6.88. The van der Waals surface area contributed by atoms with E-state index >= 15 is 0 Å². The number of nitro groups is 1. The number of fused-ring (bicyclic) bond motifs is 2. The summed E-state index contributed by atoms with van der Waals surface area (Å²) < 4.78 is 0.550. The molecule has 0 aliphatic heterocycles. The van der Waals surface area contributed by atoms with E-state index in [-0.39, 0.29) is 34.4 Å². The van der Waals surface area contributed by atoms with Gasteiger partial charge in [-0.2, -0.15) is 0 Å². The van der Waals surface area contributed by atoms with E-state index in [9.17, 15) is 19.7 Å². The fourth-order valence-electron chi connectivity index (χ4n) is 3.92. The Kier molecular flexibility index (Phi) is 4.55. The average molecular weight is 429 g/mol. The average Bonchev–Trinajstić information content (AvgIpc) is 2.67. The molecular weight excluding hydrogens is 412 g/mol. The van der Waals surface area contributed by atoms with E-state index in [1.54, 1.807) is 12.1 Å². The van der Waals surface area contributed by atoms with Gasteiger partial charge >= 0.3 is 0 Å². The van der Waals surface area contributed by atoms with Crippen LogP contribution in [0.2, 0.25) is 0 Å². The minimum atomic E-state index is -0.560. The van der Waals surface area contributed by atoms with Gasteiger partial charge in [0.1, 0.15) is 0 Å². The van der Waals surface area contributed by atoms with E-state index in [1.807, 2.05) is 0 Å². The molecule has 0 radical (unpaired) electrons. The van der Waals surface area contributed by atoms with Gasteiger partial charge in [-0.05, 0) is 31.0 Å². The Morgan fingerprint density at radius 3 is 2.37 bits per heavy atom. The number of carbonyl (C=O) groups is 2. The highest BCUT2D eigenvalue weighted by atomic mass is 79.9. The molecule has 2 aliphatic rings. The molecule has 2 aromatic rings. The van der Waals surface area contributed by atoms with Gasteiger partial charge in [-0.25, -0.2) is 0 Å². The Labute approximate surface area is 164 Å². The number of benzene rings is 2. The molecule has 0 spiro atoms. The molecule has 2 aliphatic carbocycles. The summed E-state index contributed by atoms with van der Waals surface area (Å²) in [6, 6.07) is 7.65. The molecule has 0 aromatic heterocycles. The minimum absolute atomic E-state index is 0.0893. The van der Waals surface area contributed by atoms with Crippen LogP contribution < -0.4 is 5.32 Å². The molecule has 0 amide bonds. The van der Waals surface area contributed by atoms with Crippen molar-refractivity contribution in [2.24, 2.45) is 0 Å². The second-order valence-electron chi connectivity index (χ2n) is 6.97. The quantitative estimate of drug-likeness (QED) is 0.474. The first-order valence-electron chi connectivity index (χ1n) is 8.94. The number of ketones is 2. The van der Waals surface area contributed by atoms with Crippen molar-refractivity contribution in [1.29, 1.82) is 0 Å². The monoisotopic (exact) mass is 428 g/mol. The maximum Gasteiger partial charge on any atom is 0.270 e. The zero-order valence-electron chi connectivity index (χ0n) is 14.5. The van der Waals surface area contributed by atoms with Crippen molar-refractivity contribution in [1.82, 2.24) is 0 Å². The van der Waals surface area contributed by atoms with Gasteiger partial charge in [-0.3, -0.25) is 19.7 Å². The molecule has 1 saturated carbocycles. The summed E-state index contributed by atoms with van der Waals surface area (Å²) in [6.45, 7) is 0. The maximum atomic E-state index is 13.2. The number of nitrogens with one attached hydrogen (secondary N) is 1. The van der Waals surface area contributed by atoms with Crippen molar-refractivity contribution in [3.63, 3.8) is 0 Å². The summed E-state index contributed by atoms with van der Waals surface area (Å²) in [7, 11) is 0. The van der Waals surface area contributed by atoms with Crippen molar-refractivity contribution in [3.8, 4) is 0 Å². The van der Waals surface area contributed by atoms with E-state index in [2.05, 4.69) is 21.2 Å². The second-order valence-corrected chi connectivity index (χ2v) is 7.82. The van der Waals surface area contributed by atoms with Crippen molar-refractivity contribution in [3.05, 3.63) is 67.2 Å². The Morgan fingerprint density at radius 2 is 1.67 bits per heavy atom. The summed E-state index contributed by atoms with van der Waals surface area (Å²) in [5, 5.41) is 14.5. The van der Waals surface area contributed by atoms with Gasteiger partial charge in [0.15, 0.2) is 11.6 Å². The number of hydrogen-bond donors (Lipinski definition) is 1. The highest BCUT2D eigenvalue weighted by Gasteiger charge is 2.35. The number of rotatable bonds is 3. The van der Waals surface area contributed by atoms with E-state index < -0.39 is 4.92 Å². The van der Waals surface area contributed by atoms with Crippen LogP contribution in [-0.4, -0.2) is 22.5 Å². The van der Waals surface area contributed by atoms with Gasteiger partial charge in [0, 0.05) is 45.0 Å². The summed E-state index contributed by atoms with van der Waals surface area (Å²) >= 11 is 3.39. The topological polar surface area (TPSA) is 89.3 Å². The fraction of sp³-hybridized carbons (Fsp3) is 0.300. The number of halogens is 1. The summed E-state index contributed by atoms with van der Waals surface area (Å²) in [5.41, 5.74) is 1.33. The number of hydrogen-bond acceptors (Lipinski definition) is 5. The number of anilines is 1. The molecule has 0 saturated heterocycles. The molecule has 0 heterocycles. The van der Waals surface area contributed by atoms with Crippen LogP contribution in [0.25, 0.3) is 0 Å². The molecule has 0 bridgehead atoms. The lowest BCUT2D eigenvalue weighted by molar-refractivity contribution is -0.384. The molecule has 0 unspecified atom stereocenters. The lowest BCUT2D eigenvalue weighted by Gasteiger charge is -2.27. The number of non-ortho nitro benzene ring substituents is 1. The molecular formula is C20H17BrN2O4. The molecule has 7 heteroatoms. The van der Waals surface area contributed by atoms with Gasteiger partial charge in [-0.1, -0.05) is 35.2 Å². The van der Waals surface area contributed by atoms with Gasteiger partial charge in [0.2, 0.25) is 0 Å². The third-order valence-electron chi connectivity index (χ3n) is 5.28. The van der Waals surface area contributed by atoms with Crippen LogP contribution >= 0.6 is 15.9 Å². The summed E-state index contributed by atoms with van der Waals surface area (Å²) in [5.74, 6) is -0.656. The highest BCUT2D eigenvalue weighted by molar-refractivity contribution is 9.10. The standard InChI is InChI=1S/C20H17BrN2O4/c21-15-8-9-16(22-11-4-2-1-3-5-11)18-17(15)19(24)13-7-6-12(23(26)27)10-14(13)20(18)25/h6-11,22H,1-5H2. The van der Waals surface area contributed by atoms with Crippen molar-refractivity contribution >= 4 is 38.9 Å². The Bertz CT molecular complexity index is 980. The normalized spacial score (nSPS) is 16.6. The van der Waals surface area contributed by atoms with Crippen molar-refractivity contribution in [2.45, 2.75) is 38.1 Å². The SMILES string of the molecule is O=C1c2ccc([N+](=O)[O-])cc2C(=O)c2c(NC3CCCCC3)ccc(Br)c21. The lowest BCUT2D eigenvalue weighted by Crippen LogP contribution is -2.27. The Morgan fingerprint density at radius 1 is 0.963 bits per heavy atom. The van der Waals surface area contributed by atoms with Gasteiger partial charge in [0.25, 0.3) is 5.69 Å². The minimum Gasteiger partial charge on any atom is -0.382 e. The Hall–Kier alpha value is -2.54. The fourth-order valence-corrected chi connectivity index (χ4v) is 4.43. The molecule has 27 heavy (non-hydrogen) atoms. The predicted octanol–water partition coefficient (Wildman–Crippen LogP) is 4.88. The predicted molar refractivity (Wildman–Crippen MR) is 105 cm³/mol. The maximum absolute atomic E-state index is 13.2. The zero-order chi connectivity index (χ0) is 19.1. The first-order chi connectivity index (χ1) is 13.0. The highest BCUT2D eigenvalue weighted by Crippen LogP contribution is 2.38. The van der Waals surface area contributed by atoms with Crippen LogP contribution in [0.4, 0.5) is 11.4 Å². The summed E-state index contributed by atoms with van der Waals surface area (Å²) in [4.78, 5) is 36.8. The smallest absolute Gasteiger partial charge is 0.270 e. The molecule has 4 rings (SSSR count). The van der Waals surface area contributed by atoms with Crippen LogP contribution in [0, 0.1) is 10.1 Å².